The molecule has 92 valence electrons. The quantitative estimate of drug-likeness (QED) is 0.698. The van der Waals surface area contributed by atoms with E-state index < -0.39 is 12.2 Å². The van der Waals surface area contributed by atoms with Crippen LogP contribution >= 0.6 is 23.2 Å². The highest BCUT2D eigenvalue weighted by Gasteiger charge is 1.93. The van der Waals surface area contributed by atoms with E-state index in [9.17, 15) is 9.59 Å². The minimum absolute atomic E-state index is 0.686. The van der Waals surface area contributed by atoms with Crippen molar-refractivity contribution < 1.29 is 19.8 Å². The Morgan fingerprint density at radius 1 is 1.12 bits per heavy atom. The number of benzene rings is 1. The molecule has 0 aliphatic heterocycles. The first kappa shape index (κ1) is 15.3. The van der Waals surface area contributed by atoms with Gasteiger partial charge in [0.2, 0.25) is 0 Å². The van der Waals surface area contributed by atoms with Crippen LogP contribution in [-0.4, -0.2) is 22.4 Å². The van der Waals surface area contributed by atoms with Crippen molar-refractivity contribution in [3.8, 4) is 0 Å². The summed E-state index contributed by atoms with van der Waals surface area (Å²) >= 11 is 11.4. The minimum Gasteiger partial charge on any atom is -0.462 e. The van der Waals surface area contributed by atoms with Crippen molar-refractivity contribution in [2.45, 2.75) is 6.92 Å². The summed E-state index contributed by atoms with van der Waals surface area (Å²) in [4.78, 5) is 18.8. The van der Waals surface area contributed by atoms with Gasteiger partial charge in [0.25, 0.3) is 0 Å². The molecular formula is C9H8Cl2N2O4. The lowest BCUT2D eigenvalue weighted by Gasteiger charge is -1.94. The number of rotatable bonds is 0. The molecule has 8 heteroatoms. The molecule has 0 saturated carbocycles. The largest absolute Gasteiger partial charge is 0.462 e. The molecule has 0 atom stereocenters. The van der Waals surface area contributed by atoms with Crippen LogP contribution in [0.5, 0.6) is 0 Å². The van der Waals surface area contributed by atoms with Gasteiger partial charge in [0, 0.05) is 10.0 Å². The van der Waals surface area contributed by atoms with Crippen LogP contribution in [-0.2, 0) is 0 Å². The molecular weight excluding hydrogens is 271 g/mol. The van der Waals surface area contributed by atoms with Gasteiger partial charge >= 0.3 is 12.2 Å². The average Bonchev–Trinajstić information content (AvgIpc) is 2.22. The molecule has 0 saturated heterocycles. The smallest absolute Gasteiger partial charge is 0.450 e. The number of azo groups is 1. The van der Waals surface area contributed by atoms with Crippen LogP contribution in [0.2, 0.25) is 10.0 Å². The van der Waals surface area contributed by atoms with Crippen LogP contribution in [0.1, 0.15) is 5.56 Å². The van der Waals surface area contributed by atoms with Crippen LogP contribution in [0.15, 0.2) is 28.4 Å². The first-order valence-electron chi connectivity index (χ1n) is 4.12. The van der Waals surface area contributed by atoms with E-state index in [4.69, 9.17) is 33.4 Å². The van der Waals surface area contributed by atoms with Crippen LogP contribution < -0.4 is 0 Å². The molecule has 1 aromatic carbocycles. The van der Waals surface area contributed by atoms with Crippen molar-refractivity contribution in [3.05, 3.63) is 33.8 Å². The maximum absolute atomic E-state index is 9.38. The van der Waals surface area contributed by atoms with Crippen molar-refractivity contribution in [1.82, 2.24) is 0 Å². The highest BCUT2D eigenvalue weighted by Crippen LogP contribution is 2.19. The number of carboxylic acid groups (broad SMARTS) is 2. The van der Waals surface area contributed by atoms with Crippen molar-refractivity contribution in [3.63, 3.8) is 0 Å². The van der Waals surface area contributed by atoms with E-state index in [1.165, 1.54) is 0 Å². The molecule has 0 aromatic heterocycles. The maximum atomic E-state index is 9.38. The van der Waals surface area contributed by atoms with E-state index in [1.807, 2.05) is 19.1 Å². The molecule has 0 heterocycles. The van der Waals surface area contributed by atoms with E-state index in [-0.39, 0.29) is 0 Å². The Hall–Kier alpha value is -1.66. The predicted octanol–water partition coefficient (Wildman–Crippen LogP) is 4.10. The van der Waals surface area contributed by atoms with Gasteiger partial charge in [-0.25, -0.2) is 9.59 Å². The first-order valence-corrected chi connectivity index (χ1v) is 4.87. The van der Waals surface area contributed by atoms with Gasteiger partial charge in [-0.1, -0.05) is 39.5 Å². The third-order valence-corrected chi connectivity index (χ3v) is 2.00. The predicted molar refractivity (Wildman–Crippen MR) is 62.1 cm³/mol. The second-order valence-electron chi connectivity index (χ2n) is 2.66. The highest BCUT2D eigenvalue weighted by atomic mass is 35.5. The van der Waals surface area contributed by atoms with Gasteiger partial charge in [0.1, 0.15) is 0 Å². The average molecular weight is 279 g/mol. The number of amides is 2. The molecule has 6 nitrogen and oxygen atoms in total. The first-order chi connectivity index (χ1) is 7.82. The molecule has 0 spiro atoms. The summed E-state index contributed by atoms with van der Waals surface area (Å²) in [7, 11) is 0. The third kappa shape index (κ3) is 8.18. The Kier molecular flexibility index (Phi) is 6.85. The Labute approximate surface area is 106 Å². The Morgan fingerprint density at radius 3 is 1.88 bits per heavy atom. The van der Waals surface area contributed by atoms with Crippen molar-refractivity contribution in [2.24, 2.45) is 10.2 Å². The van der Waals surface area contributed by atoms with Gasteiger partial charge in [0.05, 0.1) is 0 Å². The SMILES string of the molecule is Cc1ccc(Cl)cc1Cl.O=C(O)N=NC(=O)O. The molecule has 0 aliphatic rings. The van der Waals surface area contributed by atoms with Crippen LogP contribution in [0, 0.1) is 6.92 Å². The fourth-order valence-electron chi connectivity index (χ4n) is 0.653. The van der Waals surface area contributed by atoms with Gasteiger partial charge in [-0.3, -0.25) is 0 Å². The number of aryl methyl sites for hydroxylation is 1. The summed E-state index contributed by atoms with van der Waals surface area (Å²) in [5, 5.41) is 21.2. The summed E-state index contributed by atoms with van der Waals surface area (Å²) in [6, 6.07) is 5.45. The molecule has 0 bridgehead atoms. The summed E-state index contributed by atoms with van der Waals surface area (Å²) in [5.74, 6) is 0. The van der Waals surface area contributed by atoms with Gasteiger partial charge in [0.15, 0.2) is 0 Å². The molecule has 17 heavy (non-hydrogen) atoms. The number of hydrogen-bond acceptors (Lipinski definition) is 2. The Bertz CT molecular complexity index is 433. The highest BCUT2D eigenvalue weighted by molar-refractivity contribution is 6.35. The summed E-state index contributed by atoms with van der Waals surface area (Å²) in [5.41, 5.74) is 1.06. The van der Waals surface area contributed by atoms with E-state index in [0.29, 0.717) is 5.02 Å². The Morgan fingerprint density at radius 2 is 1.59 bits per heavy atom. The minimum atomic E-state index is -1.62. The molecule has 0 fully saturated rings. The van der Waals surface area contributed by atoms with Crippen molar-refractivity contribution >= 4 is 35.4 Å². The molecule has 0 radical (unpaired) electrons. The second-order valence-corrected chi connectivity index (χ2v) is 3.50. The van der Waals surface area contributed by atoms with Crippen LogP contribution in [0.4, 0.5) is 9.59 Å². The molecule has 2 amide bonds. The summed E-state index contributed by atoms with van der Waals surface area (Å²) in [6.07, 6.45) is -3.24. The van der Waals surface area contributed by atoms with E-state index in [2.05, 4.69) is 10.2 Å². The van der Waals surface area contributed by atoms with Crippen LogP contribution in [0.25, 0.3) is 0 Å². The zero-order chi connectivity index (χ0) is 13.4. The van der Waals surface area contributed by atoms with Gasteiger partial charge < -0.3 is 10.2 Å². The zero-order valence-electron chi connectivity index (χ0n) is 8.59. The lowest BCUT2D eigenvalue weighted by atomic mass is 10.2. The molecule has 0 unspecified atom stereocenters. The maximum Gasteiger partial charge on any atom is 0.450 e. The van der Waals surface area contributed by atoms with Crippen molar-refractivity contribution in [1.29, 1.82) is 0 Å². The molecule has 2 N–H and O–H groups in total. The number of halogens is 2. The monoisotopic (exact) mass is 278 g/mol. The fourth-order valence-corrected chi connectivity index (χ4v) is 1.06. The fraction of sp³-hybridized carbons (Fsp3) is 0.111. The van der Waals surface area contributed by atoms with Gasteiger partial charge in [-0.15, -0.1) is 0 Å². The summed E-state index contributed by atoms with van der Waals surface area (Å²) in [6.45, 7) is 1.94. The van der Waals surface area contributed by atoms with Crippen molar-refractivity contribution in [2.75, 3.05) is 0 Å². The van der Waals surface area contributed by atoms with Crippen LogP contribution in [0.3, 0.4) is 0 Å². The topological polar surface area (TPSA) is 99.3 Å². The Balaban J connectivity index is 0.000000304. The number of hydrogen-bond donors (Lipinski definition) is 2. The zero-order valence-corrected chi connectivity index (χ0v) is 10.1. The van der Waals surface area contributed by atoms with Gasteiger partial charge in [-0.2, -0.15) is 0 Å². The lowest BCUT2D eigenvalue weighted by molar-refractivity contribution is 0.194. The third-order valence-electron chi connectivity index (χ3n) is 1.35. The molecule has 1 aromatic rings. The number of nitrogens with zero attached hydrogens (tertiary/aromatic N) is 2. The lowest BCUT2D eigenvalue weighted by Crippen LogP contribution is -1.87. The van der Waals surface area contributed by atoms with Gasteiger partial charge in [-0.05, 0) is 24.6 Å². The normalized spacial score (nSPS) is 9.59. The molecule has 0 aliphatic carbocycles. The van der Waals surface area contributed by atoms with E-state index in [1.54, 1.807) is 6.07 Å². The summed E-state index contributed by atoms with van der Waals surface area (Å²) < 4.78 is 0. The standard InChI is InChI=1S/C7H6Cl2.C2H2N2O4/c1-5-2-3-6(8)4-7(5)9;5-1(6)3-4-2(7)8/h2-4H,1H3;(H,5,6)(H,7,8). The number of carbonyl (C=O) groups is 2. The second kappa shape index (κ2) is 7.59. The molecule has 1 rings (SSSR count). The van der Waals surface area contributed by atoms with E-state index >= 15 is 0 Å². The van der Waals surface area contributed by atoms with E-state index in [0.717, 1.165) is 10.6 Å².